The smallest absolute Gasteiger partial charge is 0.338 e. The van der Waals surface area contributed by atoms with Crippen molar-refractivity contribution in [3.05, 3.63) is 83.3 Å². The van der Waals surface area contributed by atoms with Gasteiger partial charge in [-0.1, -0.05) is 11.6 Å². The third-order valence-electron chi connectivity index (χ3n) is 3.89. The molecule has 1 aromatic heterocycles. The van der Waals surface area contributed by atoms with Crippen molar-refractivity contribution in [2.45, 2.75) is 13.0 Å². The molecule has 0 bridgehead atoms. The van der Waals surface area contributed by atoms with E-state index in [2.05, 4.69) is 10.6 Å². The maximum Gasteiger partial charge on any atom is 0.338 e. The molecule has 0 unspecified atom stereocenters. The largest absolute Gasteiger partial charge is 0.459 e. The molecule has 0 spiro atoms. The van der Waals surface area contributed by atoms with Crippen LogP contribution in [0.2, 0.25) is 5.02 Å². The van der Waals surface area contributed by atoms with E-state index in [-0.39, 0.29) is 11.3 Å². The summed E-state index contributed by atoms with van der Waals surface area (Å²) in [4.78, 5) is 36.4. The predicted octanol–water partition coefficient (Wildman–Crippen LogP) is 4.37. The molecule has 29 heavy (non-hydrogen) atoms. The van der Waals surface area contributed by atoms with Crippen molar-refractivity contribution < 1.29 is 23.5 Å². The standard InChI is InChI=1S/C21H17ClN2O5/c1-13(19(25)23-17-10-6-15(22)7-11-17)29-21(27)14-4-8-16(9-5-14)24-20(26)18-3-2-12-28-18/h2-13H,1H3,(H,23,25)(H,24,26)/t13-/m1/s1. The van der Waals surface area contributed by atoms with Crippen molar-refractivity contribution in [1.82, 2.24) is 0 Å². The van der Waals surface area contributed by atoms with Crippen LogP contribution in [0.25, 0.3) is 0 Å². The van der Waals surface area contributed by atoms with Gasteiger partial charge < -0.3 is 19.8 Å². The Morgan fingerprint density at radius 3 is 2.17 bits per heavy atom. The number of carbonyl (C=O) groups is 3. The van der Waals surface area contributed by atoms with Crippen molar-refractivity contribution in [1.29, 1.82) is 0 Å². The monoisotopic (exact) mass is 412 g/mol. The maximum absolute atomic E-state index is 12.3. The third-order valence-corrected chi connectivity index (χ3v) is 4.14. The lowest BCUT2D eigenvalue weighted by Gasteiger charge is -2.14. The topological polar surface area (TPSA) is 97.6 Å². The first-order chi connectivity index (χ1) is 13.9. The molecule has 1 atom stereocenters. The van der Waals surface area contributed by atoms with E-state index in [1.807, 2.05) is 0 Å². The second kappa shape index (κ2) is 9.07. The molecule has 2 aromatic carbocycles. The molecule has 8 heteroatoms. The summed E-state index contributed by atoms with van der Waals surface area (Å²) in [5.74, 6) is -1.36. The zero-order chi connectivity index (χ0) is 20.8. The number of hydrogen-bond donors (Lipinski definition) is 2. The molecule has 0 saturated carbocycles. The van der Waals surface area contributed by atoms with Gasteiger partial charge in [0.2, 0.25) is 0 Å². The number of hydrogen-bond acceptors (Lipinski definition) is 5. The van der Waals surface area contributed by atoms with E-state index in [1.165, 1.54) is 31.4 Å². The molecule has 2 N–H and O–H groups in total. The number of nitrogens with one attached hydrogen (secondary N) is 2. The Balaban J connectivity index is 1.54. The first-order valence-corrected chi connectivity index (χ1v) is 9.02. The van der Waals surface area contributed by atoms with Gasteiger partial charge in [0.1, 0.15) is 0 Å². The van der Waals surface area contributed by atoms with Crippen LogP contribution in [0.3, 0.4) is 0 Å². The summed E-state index contributed by atoms with van der Waals surface area (Å²) in [5, 5.41) is 5.83. The predicted molar refractivity (Wildman–Crippen MR) is 108 cm³/mol. The minimum Gasteiger partial charge on any atom is -0.459 e. The summed E-state index contributed by atoms with van der Waals surface area (Å²) in [6, 6.07) is 15.8. The number of rotatable bonds is 6. The van der Waals surface area contributed by atoms with Gasteiger partial charge in [0.15, 0.2) is 11.9 Å². The molecular formula is C21H17ClN2O5. The molecule has 3 rings (SSSR count). The Morgan fingerprint density at radius 1 is 0.931 bits per heavy atom. The summed E-state index contributed by atoms with van der Waals surface area (Å²) in [7, 11) is 0. The fourth-order valence-corrected chi connectivity index (χ4v) is 2.48. The van der Waals surface area contributed by atoms with Crippen LogP contribution in [0.15, 0.2) is 71.3 Å². The SMILES string of the molecule is C[C@@H](OC(=O)c1ccc(NC(=O)c2ccco2)cc1)C(=O)Nc1ccc(Cl)cc1. The van der Waals surface area contributed by atoms with Crippen molar-refractivity contribution in [2.24, 2.45) is 0 Å². The van der Waals surface area contributed by atoms with Crippen LogP contribution in [-0.2, 0) is 9.53 Å². The molecule has 2 amide bonds. The van der Waals surface area contributed by atoms with Gasteiger partial charge in [-0.25, -0.2) is 4.79 Å². The molecule has 0 aliphatic heterocycles. The van der Waals surface area contributed by atoms with Gasteiger partial charge in [0, 0.05) is 16.4 Å². The summed E-state index contributed by atoms with van der Waals surface area (Å²) in [6.45, 7) is 1.47. The first kappa shape index (κ1) is 20.2. The normalized spacial score (nSPS) is 11.4. The van der Waals surface area contributed by atoms with Crippen LogP contribution < -0.4 is 10.6 Å². The Hall–Kier alpha value is -3.58. The van der Waals surface area contributed by atoms with Gasteiger partial charge in [0.05, 0.1) is 11.8 Å². The fraction of sp³-hybridized carbons (Fsp3) is 0.0952. The summed E-state index contributed by atoms with van der Waals surface area (Å²) < 4.78 is 10.2. The summed E-state index contributed by atoms with van der Waals surface area (Å²) >= 11 is 5.80. The molecule has 0 aliphatic carbocycles. The van der Waals surface area contributed by atoms with E-state index in [4.69, 9.17) is 20.8 Å². The number of halogens is 1. The minimum absolute atomic E-state index is 0.175. The van der Waals surface area contributed by atoms with Crippen LogP contribution >= 0.6 is 11.6 Å². The van der Waals surface area contributed by atoms with Crippen LogP contribution in [0.5, 0.6) is 0 Å². The van der Waals surface area contributed by atoms with Gasteiger partial charge in [-0.2, -0.15) is 0 Å². The van der Waals surface area contributed by atoms with E-state index in [9.17, 15) is 14.4 Å². The van der Waals surface area contributed by atoms with Crippen molar-refractivity contribution in [3.8, 4) is 0 Å². The molecule has 0 saturated heterocycles. The first-order valence-electron chi connectivity index (χ1n) is 8.65. The van der Waals surface area contributed by atoms with Gasteiger partial charge in [0.25, 0.3) is 11.8 Å². The Morgan fingerprint density at radius 2 is 1.55 bits per heavy atom. The van der Waals surface area contributed by atoms with Crippen LogP contribution in [0.1, 0.15) is 27.8 Å². The molecule has 0 aliphatic rings. The van der Waals surface area contributed by atoms with Gasteiger partial charge in [-0.3, -0.25) is 9.59 Å². The average molecular weight is 413 g/mol. The maximum atomic E-state index is 12.3. The lowest BCUT2D eigenvalue weighted by Crippen LogP contribution is -2.30. The molecule has 0 radical (unpaired) electrons. The van der Waals surface area contributed by atoms with Crippen LogP contribution in [0.4, 0.5) is 11.4 Å². The van der Waals surface area contributed by atoms with E-state index >= 15 is 0 Å². The number of esters is 1. The Labute approximate surface area is 171 Å². The number of amides is 2. The highest BCUT2D eigenvalue weighted by molar-refractivity contribution is 6.30. The van der Waals surface area contributed by atoms with E-state index in [0.717, 1.165) is 0 Å². The average Bonchev–Trinajstić information content (AvgIpc) is 3.25. The quantitative estimate of drug-likeness (QED) is 0.586. The Kier molecular flexibility index (Phi) is 6.31. The number of carbonyl (C=O) groups excluding carboxylic acids is 3. The van der Waals surface area contributed by atoms with Gasteiger partial charge in [-0.15, -0.1) is 0 Å². The van der Waals surface area contributed by atoms with Crippen molar-refractivity contribution in [2.75, 3.05) is 10.6 Å². The lowest BCUT2D eigenvalue weighted by atomic mass is 10.2. The molecular weight excluding hydrogens is 396 g/mol. The third kappa shape index (κ3) is 5.46. The molecule has 1 heterocycles. The highest BCUT2D eigenvalue weighted by atomic mass is 35.5. The van der Waals surface area contributed by atoms with Crippen molar-refractivity contribution in [3.63, 3.8) is 0 Å². The second-order valence-corrected chi connectivity index (χ2v) is 6.49. The number of anilines is 2. The lowest BCUT2D eigenvalue weighted by molar-refractivity contribution is -0.123. The van der Waals surface area contributed by atoms with E-state index < -0.39 is 23.9 Å². The van der Waals surface area contributed by atoms with E-state index in [0.29, 0.717) is 16.4 Å². The second-order valence-electron chi connectivity index (χ2n) is 6.05. The van der Waals surface area contributed by atoms with Crippen molar-refractivity contribution >= 4 is 40.8 Å². The fourth-order valence-electron chi connectivity index (χ4n) is 2.35. The zero-order valence-corrected chi connectivity index (χ0v) is 16.1. The zero-order valence-electron chi connectivity index (χ0n) is 15.3. The van der Waals surface area contributed by atoms with E-state index in [1.54, 1.807) is 42.5 Å². The molecule has 148 valence electrons. The molecule has 7 nitrogen and oxygen atoms in total. The highest BCUT2D eigenvalue weighted by Gasteiger charge is 2.19. The highest BCUT2D eigenvalue weighted by Crippen LogP contribution is 2.15. The summed E-state index contributed by atoms with van der Waals surface area (Å²) in [5.41, 5.74) is 1.27. The molecule has 0 fully saturated rings. The minimum atomic E-state index is -1.00. The van der Waals surface area contributed by atoms with Crippen LogP contribution in [0, 0.1) is 0 Å². The number of benzene rings is 2. The van der Waals surface area contributed by atoms with Gasteiger partial charge in [-0.05, 0) is 67.6 Å². The van der Waals surface area contributed by atoms with Crippen LogP contribution in [-0.4, -0.2) is 23.9 Å². The number of ether oxygens (including phenoxy) is 1. The molecule has 3 aromatic rings. The van der Waals surface area contributed by atoms with Gasteiger partial charge >= 0.3 is 5.97 Å². The summed E-state index contributed by atoms with van der Waals surface area (Å²) in [6.07, 6.45) is 0.398. The number of furan rings is 1. The Bertz CT molecular complexity index is 999.